The van der Waals surface area contributed by atoms with Crippen molar-refractivity contribution in [3.63, 3.8) is 0 Å². The summed E-state index contributed by atoms with van der Waals surface area (Å²) in [6.45, 7) is 2.50. The minimum Gasteiger partial charge on any atom is -0.348 e. The third-order valence-corrected chi connectivity index (χ3v) is 5.82. The molecule has 0 aliphatic heterocycles. The summed E-state index contributed by atoms with van der Waals surface area (Å²) in [5.41, 5.74) is 0.901. The molecule has 0 fully saturated rings. The lowest BCUT2D eigenvalue weighted by atomic mass is 10.1. The van der Waals surface area contributed by atoms with E-state index >= 15 is 0 Å². The first kappa shape index (κ1) is 18.7. The number of unbranched alkanes of at least 4 members (excludes halogenated alkanes) is 1. The second-order valence-corrected chi connectivity index (χ2v) is 7.88. The Hall–Kier alpha value is -2.11. The zero-order chi connectivity index (χ0) is 18.7. The Bertz CT molecular complexity index is 989. The van der Waals surface area contributed by atoms with Crippen molar-refractivity contribution >= 4 is 39.1 Å². The minimum atomic E-state index is -0.358. The van der Waals surface area contributed by atoms with Crippen molar-refractivity contribution in [3.8, 4) is 0 Å². The smallest absolute Gasteiger partial charge is 0.257 e. The molecule has 0 saturated carbocycles. The second-order valence-electron chi connectivity index (χ2n) is 6.33. The Balaban J connectivity index is 1.84. The van der Waals surface area contributed by atoms with E-state index in [1.165, 1.54) is 4.88 Å². The van der Waals surface area contributed by atoms with Crippen LogP contribution in [0.25, 0.3) is 10.2 Å². The van der Waals surface area contributed by atoms with Crippen molar-refractivity contribution in [1.82, 2.24) is 9.88 Å². The first-order valence-corrected chi connectivity index (χ1v) is 9.83. The van der Waals surface area contributed by atoms with E-state index in [1.807, 2.05) is 29.8 Å². The number of aromatic nitrogens is 1. The molecule has 0 radical (unpaired) electrons. The molecule has 0 atom stereocenters. The molecule has 0 saturated heterocycles. The quantitative estimate of drug-likeness (QED) is 0.674. The van der Waals surface area contributed by atoms with Gasteiger partial charge in [0.25, 0.3) is 5.91 Å². The van der Waals surface area contributed by atoms with Crippen molar-refractivity contribution in [2.75, 3.05) is 0 Å². The van der Waals surface area contributed by atoms with Gasteiger partial charge >= 0.3 is 0 Å². The molecule has 3 aromatic rings. The van der Waals surface area contributed by atoms with Gasteiger partial charge in [0, 0.05) is 29.7 Å². The highest BCUT2D eigenvalue weighted by atomic mass is 35.5. The molecule has 4 nitrogen and oxygen atoms in total. The van der Waals surface area contributed by atoms with Crippen LogP contribution in [0.1, 0.15) is 40.6 Å². The van der Waals surface area contributed by atoms with E-state index < -0.39 is 0 Å². The van der Waals surface area contributed by atoms with Crippen molar-refractivity contribution in [2.45, 2.75) is 32.7 Å². The number of carbonyl (C=O) groups excluding carboxylic acids is 1. The van der Waals surface area contributed by atoms with Crippen LogP contribution in [0.5, 0.6) is 0 Å². The van der Waals surface area contributed by atoms with Gasteiger partial charge in [-0.1, -0.05) is 37.1 Å². The maximum atomic E-state index is 12.8. The van der Waals surface area contributed by atoms with Crippen molar-refractivity contribution in [3.05, 3.63) is 67.8 Å². The topological polar surface area (TPSA) is 51.1 Å². The number of pyridine rings is 1. The van der Waals surface area contributed by atoms with Gasteiger partial charge in [0.05, 0.1) is 5.39 Å². The van der Waals surface area contributed by atoms with E-state index in [4.69, 9.17) is 11.6 Å². The number of hydrogen-bond donors (Lipinski definition) is 1. The third-order valence-electron chi connectivity index (χ3n) is 4.28. The highest BCUT2D eigenvalue weighted by Crippen LogP contribution is 2.24. The van der Waals surface area contributed by atoms with Crippen molar-refractivity contribution in [1.29, 1.82) is 0 Å². The number of amides is 1. The second kappa shape index (κ2) is 8.06. The number of aryl methyl sites for hydroxylation is 2. The lowest BCUT2D eigenvalue weighted by Gasteiger charge is -2.07. The Kier molecular flexibility index (Phi) is 5.79. The van der Waals surface area contributed by atoms with Gasteiger partial charge in [0.1, 0.15) is 10.4 Å². The molecule has 3 rings (SSSR count). The minimum absolute atomic E-state index is 0.175. The van der Waals surface area contributed by atoms with Gasteiger partial charge < -0.3 is 9.88 Å². The summed E-state index contributed by atoms with van der Waals surface area (Å²) in [6, 6.07) is 9.19. The van der Waals surface area contributed by atoms with Crippen molar-refractivity contribution in [2.24, 2.45) is 7.05 Å². The Morgan fingerprint density at radius 1 is 1.27 bits per heavy atom. The zero-order valence-corrected chi connectivity index (χ0v) is 16.4. The molecule has 6 heteroatoms. The number of rotatable bonds is 6. The summed E-state index contributed by atoms with van der Waals surface area (Å²) >= 11 is 7.50. The molecule has 1 aromatic carbocycles. The Morgan fingerprint density at radius 3 is 2.69 bits per heavy atom. The molecule has 0 unspecified atom stereocenters. The van der Waals surface area contributed by atoms with Crippen LogP contribution in [-0.2, 0) is 20.0 Å². The number of fused-ring (bicyclic) bond motifs is 1. The molecular formula is C20H21ClN2O2S. The average Bonchev–Trinajstić information content (AvgIpc) is 3.07. The molecule has 26 heavy (non-hydrogen) atoms. The van der Waals surface area contributed by atoms with E-state index in [2.05, 4.69) is 12.2 Å². The van der Waals surface area contributed by atoms with Crippen LogP contribution in [0.15, 0.2) is 41.3 Å². The summed E-state index contributed by atoms with van der Waals surface area (Å²) in [7, 11) is 1.87. The molecular weight excluding hydrogens is 368 g/mol. The maximum absolute atomic E-state index is 12.8. The molecule has 1 amide bonds. The third kappa shape index (κ3) is 4.00. The summed E-state index contributed by atoms with van der Waals surface area (Å²) in [5, 5.41) is 4.09. The van der Waals surface area contributed by atoms with Crippen LogP contribution in [0.4, 0.5) is 0 Å². The number of thiophene rings is 1. The molecule has 2 heterocycles. The molecule has 136 valence electrons. The van der Waals surface area contributed by atoms with Gasteiger partial charge in [-0.2, -0.15) is 0 Å². The normalized spacial score (nSPS) is 11.0. The average molecular weight is 389 g/mol. The fraction of sp³-hybridized carbons (Fsp3) is 0.300. The Morgan fingerprint density at radius 2 is 2.00 bits per heavy atom. The van der Waals surface area contributed by atoms with Crippen LogP contribution >= 0.6 is 22.9 Å². The van der Waals surface area contributed by atoms with E-state index in [0.29, 0.717) is 17.0 Å². The SMILES string of the molecule is CCCCc1cc2c(=O)c(C(=O)NCc3ccc(Cl)cc3)cn(C)c2s1. The number of nitrogens with zero attached hydrogens (tertiary/aromatic N) is 1. The predicted octanol–water partition coefficient (Wildman–Crippen LogP) is 4.53. The number of benzene rings is 1. The van der Waals surface area contributed by atoms with Gasteiger partial charge in [-0.15, -0.1) is 11.3 Å². The zero-order valence-electron chi connectivity index (χ0n) is 14.8. The van der Waals surface area contributed by atoms with Crippen LogP contribution in [-0.4, -0.2) is 10.5 Å². The number of nitrogens with one attached hydrogen (secondary N) is 1. The van der Waals surface area contributed by atoms with Gasteiger partial charge in [-0.05, 0) is 36.6 Å². The Labute approximate surface area is 161 Å². The molecule has 0 spiro atoms. The summed E-state index contributed by atoms with van der Waals surface area (Å²) in [5.74, 6) is -0.358. The molecule has 0 aliphatic carbocycles. The number of hydrogen-bond acceptors (Lipinski definition) is 3. The molecule has 1 N–H and O–H groups in total. The van der Waals surface area contributed by atoms with Gasteiger partial charge in [0.2, 0.25) is 5.43 Å². The van der Waals surface area contributed by atoms with Crippen LogP contribution in [0.3, 0.4) is 0 Å². The first-order valence-electron chi connectivity index (χ1n) is 8.64. The van der Waals surface area contributed by atoms with Crippen LogP contribution < -0.4 is 10.7 Å². The first-order chi connectivity index (χ1) is 12.5. The van der Waals surface area contributed by atoms with Crippen LogP contribution in [0, 0.1) is 0 Å². The van der Waals surface area contributed by atoms with E-state index in [1.54, 1.807) is 29.7 Å². The molecule has 0 aliphatic rings. The van der Waals surface area contributed by atoms with E-state index in [9.17, 15) is 9.59 Å². The van der Waals surface area contributed by atoms with E-state index in [0.717, 1.165) is 29.7 Å². The molecule has 2 aromatic heterocycles. The van der Waals surface area contributed by atoms with Gasteiger partial charge in [-0.25, -0.2) is 0 Å². The monoisotopic (exact) mass is 388 g/mol. The number of carbonyl (C=O) groups is 1. The fourth-order valence-corrected chi connectivity index (χ4v) is 4.08. The fourth-order valence-electron chi connectivity index (χ4n) is 2.83. The van der Waals surface area contributed by atoms with Crippen molar-refractivity contribution < 1.29 is 4.79 Å². The highest BCUT2D eigenvalue weighted by Gasteiger charge is 2.16. The number of halogens is 1. The highest BCUT2D eigenvalue weighted by molar-refractivity contribution is 7.18. The van der Waals surface area contributed by atoms with E-state index in [-0.39, 0.29) is 16.9 Å². The lowest BCUT2D eigenvalue weighted by Crippen LogP contribution is -2.29. The summed E-state index contributed by atoms with van der Waals surface area (Å²) in [6.07, 6.45) is 4.80. The predicted molar refractivity (Wildman–Crippen MR) is 108 cm³/mol. The lowest BCUT2D eigenvalue weighted by molar-refractivity contribution is 0.0949. The van der Waals surface area contributed by atoms with Gasteiger partial charge in [-0.3, -0.25) is 9.59 Å². The van der Waals surface area contributed by atoms with Crippen LogP contribution in [0.2, 0.25) is 5.02 Å². The summed E-state index contributed by atoms with van der Waals surface area (Å²) < 4.78 is 1.87. The largest absolute Gasteiger partial charge is 0.348 e. The molecule has 0 bridgehead atoms. The maximum Gasteiger partial charge on any atom is 0.257 e. The summed E-state index contributed by atoms with van der Waals surface area (Å²) in [4.78, 5) is 27.4. The standard InChI is InChI=1S/C20H21ClN2O2S/c1-3-4-5-15-10-16-18(24)17(12-23(2)20(16)26-15)19(25)22-11-13-6-8-14(21)9-7-13/h6-10,12H,3-5,11H2,1-2H3,(H,22,25). The van der Waals surface area contributed by atoms with Gasteiger partial charge in [0.15, 0.2) is 0 Å².